The molecule has 1 aromatic rings. The van der Waals surface area contributed by atoms with Crippen molar-refractivity contribution in [1.82, 2.24) is 0 Å². The van der Waals surface area contributed by atoms with Crippen molar-refractivity contribution >= 4 is 11.6 Å². The van der Waals surface area contributed by atoms with Crippen LogP contribution in [0.4, 0.5) is 5.69 Å². The summed E-state index contributed by atoms with van der Waals surface area (Å²) in [4.78, 5) is 14.8. The third kappa shape index (κ3) is 2.47. The van der Waals surface area contributed by atoms with Crippen LogP contribution in [0.25, 0.3) is 0 Å². The number of para-hydroxylation sites is 1. The first-order chi connectivity index (χ1) is 9.74. The molecule has 1 aliphatic heterocycles. The zero-order valence-electron chi connectivity index (χ0n) is 12.1. The van der Waals surface area contributed by atoms with Crippen LogP contribution in [0.5, 0.6) is 0 Å². The normalized spacial score (nSPS) is 20.8. The molecule has 0 unspecified atom stereocenters. The zero-order chi connectivity index (χ0) is 14.0. The predicted molar refractivity (Wildman–Crippen MR) is 81.7 cm³/mol. The second kappa shape index (κ2) is 5.57. The van der Waals surface area contributed by atoms with E-state index in [4.69, 9.17) is 5.73 Å². The van der Waals surface area contributed by atoms with Crippen molar-refractivity contribution < 1.29 is 4.79 Å². The van der Waals surface area contributed by atoms with Gasteiger partial charge in [-0.05, 0) is 55.7 Å². The number of rotatable bonds is 3. The Morgan fingerprint density at radius 3 is 2.70 bits per heavy atom. The molecule has 1 saturated carbocycles. The van der Waals surface area contributed by atoms with Gasteiger partial charge in [-0.2, -0.15) is 0 Å². The Morgan fingerprint density at radius 2 is 2.00 bits per heavy atom. The highest BCUT2D eigenvalue weighted by Gasteiger charge is 2.39. The minimum absolute atomic E-state index is 0.0956. The number of nitrogens with zero attached hydrogens (tertiary/aromatic N) is 1. The van der Waals surface area contributed by atoms with Crippen LogP contribution in [-0.4, -0.2) is 19.0 Å². The van der Waals surface area contributed by atoms with Crippen molar-refractivity contribution in [2.45, 2.75) is 44.9 Å². The molecule has 0 radical (unpaired) electrons. The van der Waals surface area contributed by atoms with Crippen LogP contribution in [0.2, 0.25) is 0 Å². The maximum Gasteiger partial charge on any atom is 0.227 e. The SMILES string of the molecule is NCC1(CC(=O)N2CCCCc3ccccc32)CCC1. The summed E-state index contributed by atoms with van der Waals surface area (Å²) in [5.41, 5.74) is 8.44. The van der Waals surface area contributed by atoms with Crippen molar-refractivity contribution in [3.63, 3.8) is 0 Å². The van der Waals surface area contributed by atoms with Gasteiger partial charge in [0.2, 0.25) is 5.91 Å². The van der Waals surface area contributed by atoms with E-state index in [1.165, 1.54) is 18.4 Å². The lowest BCUT2D eigenvalue weighted by molar-refractivity contribution is -0.122. The van der Waals surface area contributed by atoms with Crippen LogP contribution in [0, 0.1) is 5.41 Å². The second-order valence-electron chi connectivity index (χ2n) is 6.37. The van der Waals surface area contributed by atoms with Gasteiger partial charge in [-0.15, -0.1) is 0 Å². The number of hydrogen-bond donors (Lipinski definition) is 1. The predicted octanol–water partition coefficient (Wildman–Crippen LogP) is 2.88. The zero-order valence-corrected chi connectivity index (χ0v) is 12.1. The number of carbonyl (C=O) groups excluding carboxylic acids is 1. The average Bonchev–Trinajstić information content (AvgIpc) is 2.65. The van der Waals surface area contributed by atoms with Crippen molar-refractivity contribution in [2.24, 2.45) is 11.1 Å². The first-order valence-electron chi connectivity index (χ1n) is 7.82. The van der Waals surface area contributed by atoms with Gasteiger partial charge in [0.25, 0.3) is 0 Å². The van der Waals surface area contributed by atoms with Gasteiger partial charge in [-0.25, -0.2) is 0 Å². The summed E-state index contributed by atoms with van der Waals surface area (Å²) in [5, 5.41) is 0. The monoisotopic (exact) mass is 272 g/mol. The molecule has 0 spiro atoms. The molecule has 1 heterocycles. The molecule has 0 saturated heterocycles. The molecule has 1 aromatic carbocycles. The molecule has 2 aliphatic rings. The van der Waals surface area contributed by atoms with Gasteiger partial charge in [0.05, 0.1) is 0 Å². The smallest absolute Gasteiger partial charge is 0.227 e. The fourth-order valence-electron chi connectivity index (χ4n) is 3.50. The number of aryl methyl sites for hydroxylation is 1. The summed E-state index contributed by atoms with van der Waals surface area (Å²) in [6.07, 6.45) is 7.43. The number of nitrogens with two attached hydrogens (primary N) is 1. The van der Waals surface area contributed by atoms with Gasteiger partial charge in [0.15, 0.2) is 0 Å². The molecule has 3 heteroatoms. The highest BCUT2D eigenvalue weighted by Crippen LogP contribution is 2.43. The van der Waals surface area contributed by atoms with Crippen molar-refractivity contribution in [1.29, 1.82) is 0 Å². The van der Waals surface area contributed by atoms with E-state index in [1.54, 1.807) is 0 Å². The van der Waals surface area contributed by atoms with E-state index in [0.29, 0.717) is 13.0 Å². The maximum atomic E-state index is 12.8. The number of amides is 1. The van der Waals surface area contributed by atoms with Crippen molar-refractivity contribution in [2.75, 3.05) is 18.0 Å². The molecule has 108 valence electrons. The second-order valence-corrected chi connectivity index (χ2v) is 6.37. The standard InChI is InChI=1S/C17H24N2O/c18-13-17(9-5-10-17)12-16(20)19-11-4-3-7-14-6-1-2-8-15(14)19/h1-2,6,8H,3-5,7,9-13,18H2. The fraction of sp³-hybridized carbons (Fsp3) is 0.588. The molecular formula is C17H24N2O. The maximum absolute atomic E-state index is 12.8. The van der Waals surface area contributed by atoms with Gasteiger partial charge in [-0.3, -0.25) is 4.79 Å². The Balaban J connectivity index is 1.80. The van der Waals surface area contributed by atoms with E-state index in [2.05, 4.69) is 18.2 Å². The van der Waals surface area contributed by atoms with Crippen LogP contribution < -0.4 is 10.6 Å². The van der Waals surface area contributed by atoms with E-state index < -0.39 is 0 Å². The quantitative estimate of drug-likeness (QED) is 0.919. The first-order valence-corrected chi connectivity index (χ1v) is 7.82. The van der Waals surface area contributed by atoms with E-state index in [9.17, 15) is 4.79 Å². The third-order valence-corrected chi connectivity index (χ3v) is 5.03. The first kappa shape index (κ1) is 13.6. The van der Waals surface area contributed by atoms with Crippen LogP contribution >= 0.6 is 0 Å². The van der Waals surface area contributed by atoms with E-state index >= 15 is 0 Å². The number of fused-ring (bicyclic) bond motifs is 1. The molecule has 3 rings (SSSR count). The molecule has 0 bridgehead atoms. The van der Waals surface area contributed by atoms with Crippen molar-refractivity contribution in [3.05, 3.63) is 29.8 Å². The lowest BCUT2D eigenvalue weighted by Crippen LogP contribution is -2.43. The fourth-order valence-corrected chi connectivity index (χ4v) is 3.50. The van der Waals surface area contributed by atoms with Gasteiger partial charge in [-0.1, -0.05) is 24.6 Å². The molecule has 1 aliphatic carbocycles. The largest absolute Gasteiger partial charge is 0.330 e. The molecule has 1 amide bonds. The Morgan fingerprint density at radius 1 is 1.20 bits per heavy atom. The Hall–Kier alpha value is -1.35. The molecule has 1 fully saturated rings. The van der Waals surface area contributed by atoms with Gasteiger partial charge >= 0.3 is 0 Å². The van der Waals surface area contributed by atoms with E-state index in [0.717, 1.165) is 37.9 Å². The minimum atomic E-state index is 0.0956. The van der Waals surface area contributed by atoms with Crippen LogP contribution in [0.15, 0.2) is 24.3 Å². The summed E-state index contributed by atoms with van der Waals surface area (Å²) in [6.45, 7) is 1.50. The Labute approximate surface area is 121 Å². The van der Waals surface area contributed by atoms with Gasteiger partial charge < -0.3 is 10.6 Å². The van der Waals surface area contributed by atoms with Crippen LogP contribution in [0.3, 0.4) is 0 Å². The molecule has 2 N–H and O–H groups in total. The summed E-state index contributed by atoms with van der Waals surface area (Å²) < 4.78 is 0. The lowest BCUT2D eigenvalue weighted by Gasteiger charge is -2.41. The third-order valence-electron chi connectivity index (χ3n) is 5.03. The number of hydrogen-bond acceptors (Lipinski definition) is 2. The Bertz CT molecular complexity index is 488. The molecule has 0 aromatic heterocycles. The number of anilines is 1. The Kier molecular flexibility index (Phi) is 3.79. The van der Waals surface area contributed by atoms with Crippen molar-refractivity contribution in [3.8, 4) is 0 Å². The highest BCUT2D eigenvalue weighted by molar-refractivity contribution is 5.94. The summed E-state index contributed by atoms with van der Waals surface area (Å²) >= 11 is 0. The van der Waals surface area contributed by atoms with Gasteiger partial charge in [0.1, 0.15) is 0 Å². The van der Waals surface area contributed by atoms with Crippen LogP contribution in [0.1, 0.15) is 44.1 Å². The van der Waals surface area contributed by atoms with Crippen LogP contribution in [-0.2, 0) is 11.2 Å². The molecular weight excluding hydrogens is 248 g/mol. The molecule has 20 heavy (non-hydrogen) atoms. The number of benzene rings is 1. The topological polar surface area (TPSA) is 46.3 Å². The lowest BCUT2D eigenvalue weighted by atomic mass is 9.66. The van der Waals surface area contributed by atoms with Gasteiger partial charge in [0, 0.05) is 18.7 Å². The summed E-state index contributed by atoms with van der Waals surface area (Å²) in [6, 6.07) is 8.35. The van der Waals surface area contributed by atoms with E-state index in [-0.39, 0.29) is 11.3 Å². The summed E-state index contributed by atoms with van der Waals surface area (Å²) in [7, 11) is 0. The highest BCUT2D eigenvalue weighted by atomic mass is 16.2. The summed E-state index contributed by atoms with van der Waals surface area (Å²) in [5.74, 6) is 0.268. The molecule has 0 atom stereocenters. The molecule has 3 nitrogen and oxygen atoms in total. The minimum Gasteiger partial charge on any atom is -0.330 e. The van der Waals surface area contributed by atoms with E-state index in [1.807, 2.05) is 11.0 Å². The average molecular weight is 272 g/mol. The number of carbonyl (C=O) groups is 1.